The van der Waals surface area contributed by atoms with E-state index in [1.54, 1.807) is 12.1 Å². The predicted molar refractivity (Wildman–Crippen MR) is 91.1 cm³/mol. The molecule has 3 rings (SSSR count). The number of anilines is 1. The molecule has 0 heterocycles. The van der Waals surface area contributed by atoms with Crippen molar-refractivity contribution in [2.24, 2.45) is 11.8 Å². The number of rotatable bonds is 3. The Morgan fingerprint density at radius 1 is 1.32 bits per heavy atom. The fraction of sp³-hybridized carbons (Fsp3) is 0.529. The van der Waals surface area contributed by atoms with E-state index >= 15 is 0 Å². The molecule has 2 saturated carbocycles. The van der Waals surface area contributed by atoms with Gasteiger partial charge >= 0.3 is 5.97 Å². The van der Waals surface area contributed by atoms with Gasteiger partial charge in [-0.15, -0.1) is 0 Å². The van der Waals surface area contributed by atoms with Gasteiger partial charge in [0.15, 0.2) is 5.11 Å². The number of nitrogens with one attached hydrogen (secondary N) is 2. The minimum atomic E-state index is -0.338. The van der Waals surface area contributed by atoms with Gasteiger partial charge in [0, 0.05) is 11.7 Å². The average Bonchev–Trinajstić information content (AvgIpc) is 3.11. The Balaban J connectivity index is 1.64. The van der Waals surface area contributed by atoms with E-state index in [1.165, 1.54) is 32.8 Å². The summed E-state index contributed by atoms with van der Waals surface area (Å²) in [7, 11) is 1.39. The van der Waals surface area contributed by atoms with E-state index < -0.39 is 0 Å². The summed E-state index contributed by atoms with van der Waals surface area (Å²) < 4.78 is 4.76. The van der Waals surface area contributed by atoms with E-state index in [4.69, 9.17) is 17.0 Å². The highest BCUT2D eigenvalue weighted by Gasteiger charge is 2.39. The number of carbonyl (C=O) groups excluding carboxylic acids is 1. The molecule has 2 bridgehead atoms. The first kappa shape index (κ1) is 15.3. The number of methoxy groups -OCH3 is 1. The van der Waals surface area contributed by atoms with E-state index in [2.05, 4.69) is 10.6 Å². The van der Waals surface area contributed by atoms with Crippen molar-refractivity contribution in [1.29, 1.82) is 0 Å². The molecule has 2 N–H and O–H groups in total. The average molecular weight is 318 g/mol. The summed E-state index contributed by atoms with van der Waals surface area (Å²) in [5.74, 6) is 1.32. The molecule has 1 aromatic rings. The minimum absolute atomic E-state index is 0.338. The molecule has 0 amide bonds. The van der Waals surface area contributed by atoms with Crippen molar-refractivity contribution in [2.75, 3.05) is 12.4 Å². The molecule has 4 nitrogen and oxygen atoms in total. The molecule has 0 radical (unpaired) electrons. The maximum atomic E-state index is 11.6. The molecule has 2 aliphatic carbocycles. The van der Waals surface area contributed by atoms with Crippen LogP contribution in [-0.2, 0) is 4.74 Å². The van der Waals surface area contributed by atoms with Crippen LogP contribution in [0.4, 0.5) is 5.69 Å². The molecule has 2 fully saturated rings. The number of hydrogen-bond acceptors (Lipinski definition) is 3. The number of carbonyl (C=O) groups is 1. The van der Waals surface area contributed by atoms with Crippen LogP contribution in [0.25, 0.3) is 0 Å². The second kappa shape index (κ2) is 6.24. The quantitative estimate of drug-likeness (QED) is 0.662. The van der Waals surface area contributed by atoms with Gasteiger partial charge in [0.2, 0.25) is 0 Å². The van der Waals surface area contributed by atoms with Gasteiger partial charge in [0.1, 0.15) is 0 Å². The number of thiocarbonyl (C=S) groups is 1. The van der Waals surface area contributed by atoms with Crippen LogP contribution in [0, 0.1) is 18.8 Å². The molecule has 22 heavy (non-hydrogen) atoms. The topological polar surface area (TPSA) is 50.4 Å². The monoisotopic (exact) mass is 318 g/mol. The van der Waals surface area contributed by atoms with Gasteiger partial charge in [-0.05, 0) is 67.9 Å². The zero-order chi connectivity index (χ0) is 15.7. The van der Waals surface area contributed by atoms with Gasteiger partial charge in [-0.2, -0.15) is 0 Å². The summed E-state index contributed by atoms with van der Waals surface area (Å²) in [4.78, 5) is 11.6. The highest BCUT2D eigenvalue weighted by molar-refractivity contribution is 7.80. The van der Waals surface area contributed by atoms with Crippen LogP contribution in [0.1, 0.15) is 41.6 Å². The molecule has 0 spiro atoms. The van der Waals surface area contributed by atoms with Gasteiger partial charge in [0.25, 0.3) is 0 Å². The molecule has 118 valence electrons. The Hall–Kier alpha value is -1.62. The largest absolute Gasteiger partial charge is 0.465 e. The lowest BCUT2D eigenvalue weighted by Gasteiger charge is -2.25. The third kappa shape index (κ3) is 3.09. The lowest BCUT2D eigenvalue weighted by atomic mass is 9.95. The molecule has 5 heteroatoms. The first-order valence-electron chi connectivity index (χ1n) is 7.83. The van der Waals surface area contributed by atoms with E-state index in [0.29, 0.717) is 16.7 Å². The Morgan fingerprint density at radius 3 is 2.77 bits per heavy atom. The highest BCUT2D eigenvalue weighted by Crippen LogP contribution is 2.44. The van der Waals surface area contributed by atoms with Crippen LogP contribution in [0.5, 0.6) is 0 Å². The maximum absolute atomic E-state index is 11.6. The van der Waals surface area contributed by atoms with E-state index in [9.17, 15) is 4.79 Å². The smallest absolute Gasteiger partial charge is 0.337 e. The van der Waals surface area contributed by atoms with E-state index in [1.807, 2.05) is 13.0 Å². The SMILES string of the molecule is COC(=O)c1ccc(C)c(NC(=S)N[C@H]2C[C@@H]3CC[C@@H]2C3)c1. The Morgan fingerprint density at radius 2 is 2.14 bits per heavy atom. The van der Waals surface area contributed by atoms with Crippen molar-refractivity contribution in [3.63, 3.8) is 0 Å². The number of ether oxygens (including phenoxy) is 1. The summed E-state index contributed by atoms with van der Waals surface area (Å²) in [6, 6.07) is 5.95. The molecular weight excluding hydrogens is 296 g/mol. The molecular formula is C17H22N2O2S. The van der Waals surface area contributed by atoms with E-state index in [-0.39, 0.29) is 5.97 Å². The molecule has 0 unspecified atom stereocenters. The van der Waals surface area contributed by atoms with Gasteiger partial charge in [-0.3, -0.25) is 0 Å². The Kier molecular flexibility index (Phi) is 4.34. The summed E-state index contributed by atoms with van der Waals surface area (Å²) in [5.41, 5.74) is 2.42. The Labute approximate surface area is 136 Å². The van der Waals surface area contributed by atoms with Crippen LogP contribution in [-0.4, -0.2) is 24.2 Å². The van der Waals surface area contributed by atoms with Crippen LogP contribution in [0.2, 0.25) is 0 Å². The molecule has 3 atom stereocenters. The van der Waals surface area contributed by atoms with Crippen LogP contribution in [0.3, 0.4) is 0 Å². The van der Waals surface area contributed by atoms with Crippen LogP contribution in [0.15, 0.2) is 18.2 Å². The lowest BCUT2D eigenvalue weighted by Crippen LogP contribution is -2.40. The third-order valence-corrected chi connectivity index (χ3v) is 5.18. The molecule has 1 aromatic carbocycles. The van der Waals surface area contributed by atoms with E-state index in [0.717, 1.165) is 23.1 Å². The van der Waals surface area contributed by atoms with Crippen molar-refractivity contribution < 1.29 is 9.53 Å². The molecule has 0 aliphatic heterocycles. The Bertz CT molecular complexity index is 602. The summed E-state index contributed by atoms with van der Waals surface area (Å²) in [6.45, 7) is 1.99. The molecule has 2 aliphatic rings. The number of benzene rings is 1. The summed E-state index contributed by atoms with van der Waals surface area (Å²) in [6.07, 6.45) is 5.27. The first-order chi connectivity index (χ1) is 10.6. The number of hydrogen-bond donors (Lipinski definition) is 2. The zero-order valence-electron chi connectivity index (χ0n) is 13.0. The molecule has 0 saturated heterocycles. The summed E-state index contributed by atoms with van der Waals surface area (Å²) >= 11 is 5.45. The van der Waals surface area contributed by atoms with Crippen LogP contribution < -0.4 is 10.6 Å². The molecule has 0 aromatic heterocycles. The normalized spacial score (nSPS) is 25.8. The van der Waals surface area contributed by atoms with Crippen molar-refractivity contribution >= 4 is 29.0 Å². The second-order valence-corrected chi connectivity index (χ2v) is 6.81. The third-order valence-electron chi connectivity index (χ3n) is 4.96. The fourth-order valence-electron chi connectivity index (χ4n) is 3.75. The van der Waals surface area contributed by atoms with Crippen molar-refractivity contribution in [2.45, 2.75) is 38.6 Å². The second-order valence-electron chi connectivity index (χ2n) is 6.40. The standard InChI is InChI=1S/C17H22N2O2S/c1-10-3-5-13(16(20)21-2)9-14(10)18-17(22)19-15-8-11-4-6-12(15)7-11/h3,5,9,11-12,15H,4,6-8H2,1-2H3,(H2,18,19,22)/t11-,12-,15+/m1/s1. The lowest BCUT2D eigenvalue weighted by molar-refractivity contribution is 0.0601. The van der Waals surface area contributed by atoms with Crippen molar-refractivity contribution in [3.8, 4) is 0 Å². The zero-order valence-corrected chi connectivity index (χ0v) is 13.8. The summed E-state index contributed by atoms with van der Waals surface area (Å²) in [5, 5.41) is 7.32. The van der Waals surface area contributed by atoms with Crippen molar-refractivity contribution in [1.82, 2.24) is 5.32 Å². The number of fused-ring (bicyclic) bond motifs is 2. The van der Waals surface area contributed by atoms with Gasteiger partial charge < -0.3 is 15.4 Å². The fourth-order valence-corrected chi connectivity index (χ4v) is 4.01. The number of aryl methyl sites for hydroxylation is 1. The maximum Gasteiger partial charge on any atom is 0.337 e. The highest BCUT2D eigenvalue weighted by atomic mass is 32.1. The van der Waals surface area contributed by atoms with Gasteiger partial charge in [-0.1, -0.05) is 12.5 Å². The van der Waals surface area contributed by atoms with Gasteiger partial charge in [0.05, 0.1) is 12.7 Å². The van der Waals surface area contributed by atoms with Crippen molar-refractivity contribution in [3.05, 3.63) is 29.3 Å². The number of esters is 1. The first-order valence-corrected chi connectivity index (χ1v) is 8.24. The predicted octanol–water partition coefficient (Wildman–Crippen LogP) is 3.26. The van der Waals surface area contributed by atoms with Crippen LogP contribution >= 0.6 is 12.2 Å². The minimum Gasteiger partial charge on any atom is -0.465 e. The van der Waals surface area contributed by atoms with Gasteiger partial charge in [-0.25, -0.2) is 4.79 Å².